The van der Waals surface area contributed by atoms with Crippen molar-refractivity contribution in [1.29, 1.82) is 0 Å². The van der Waals surface area contributed by atoms with E-state index in [-0.39, 0.29) is 0 Å². The summed E-state index contributed by atoms with van der Waals surface area (Å²) >= 11 is 7.84. The number of nitrogens with one attached hydrogen (secondary N) is 1. The van der Waals surface area contributed by atoms with Crippen molar-refractivity contribution in [3.05, 3.63) is 35.0 Å². The summed E-state index contributed by atoms with van der Waals surface area (Å²) in [5.41, 5.74) is 1.86. The van der Waals surface area contributed by atoms with Crippen molar-refractivity contribution in [1.82, 2.24) is 5.32 Å². The molecule has 0 aliphatic rings. The number of benzene rings is 1. The zero-order chi connectivity index (χ0) is 12.8. The molecule has 0 saturated heterocycles. The van der Waals surface area contributed by atoms with Gasteiger partial charge >= 0.3 is 0 Å². The van der Waals surface area contributed by atoms with Gasteiger partial charge < -0.3 is 9.73 Å². The summed E-state index contributed by atoms with van der Waals surface area (Å²) in [5.74, 6) is 4.36. The predicted molar refractivity (Wildman–Crippen MR) is 79.1 cm³/mol. The fourth-order valence-corrected chi connectivity index (χ4v) is 2.53. The number of halogens is 1. The molecule has 0 spiro atoms. The van der Waals surface area contributed by atoms with Gasteiger partial charge in [-0.3, -0.25) is 0 Å². The molecule has 94 valence electrons. The highest BCUT2D eigenvalue weighted by atomic mass is 35.5. The van der Waals surface area contributed by atoms with Crippen LogP contribution < -0.4 is 5.32 Å². The quantitative estimate of drug-likeness (QED) is 0.647. The molecule has 0 aliphatic heterocycles. The molecule has 1 heterocycles. The van der Waals surface area contributed by atoms with Crippen molar-refractivity contribution in [2.24, 2.45) is 0 Å². The molecule has 0 aliphatic carbocycles. The number of thioether (sulfide) groups is 1. The van der Waals surface area contributed by atoms with Gasteiger partial charge in [-0.05, 0) is 17.7 Å². The van der Waals surface area contributed by atoms with E-state index < -0.39 is 0 Å². The molecule has 1 aromatic heterocycles. The largest absolute Gasteiger partial charge is 0.444 e. The van der Waals surface area contributed by atoms with Crippen LogP contribution in [0.25, 0.3) is 11.0 Å². The Bertz CT molecular complexity index is 558. The fourth-order valence-electron chi connectivity index (χ4n) is 1.72. The van der Waals surface area contributed by atoms with Crippen molar-refractivity contribution in [3.8, 4) is 12.3 Å². The van der Waals surface area contributed by atoms with E-state index in [1.807, 2.05) is 24.3 Å². The lowest BCUT2D eigenvalue weighted by Crippen LogP contribution is -2.16. The molecular weight excluding hydrogens is 266 g/mol. The van der Waals surface area contributed by atoms with Crippen LogP contribution in [0.15, 0.2) is 28.7 Å². The van der Waals surface area contributed by atoms with E-state index in [0.29, 0.717) is 11.8 Å². The number of hydrogen-bond acceptors (Lipinski definition) is 3. The van der Waals surface area contributed by atoms with Gasteiger partial charge in [-0.1, -0.05) is 24.1 Å². The topological polar surface area (TPSA) is 25.2 Å². The van der Waals surface area contributed by atoms with Gasteiger partial charge in [-0.25, -0.2) is 0 Å². The van der Waals surface area contributed by atoms with Crippen LogP contribution in [0.2, 0.25) is 5.22 Å². The first kappa shape index (κ1) is 13.4. The van der Waals surface area contributed by atoms with Gasteiger partial charge in [0.15, 0.2) is 5.22 Å². The van der Waals surface area contributed by atoms with Crippen molar-refractivity contribution >= 4 is 34.3 Å². The third-order valence-electron chi connectivity index (χ3n) is 2.56. The lowest BCUT2D eigenvalue weighted by molar-refractivity contribution is 0.607. The van der Waals surface area contributed by atoms with E-state index in [1.165, 1.54) is 0 Å². The first-order valence-corrected chi connectivity index (χ1v) is 7.24. The standard InChI is InChI=1S/C14H14ClNOS/c1-2-8-18-9-7-16-10-12-11-5-3-4-6-13(11)17-14(12)15/h1,3-6,16H,7-10H2. The first-order valence-electron chi connectivity index (χ1n) is 5.70. The fraction of sp³-hybridized carbons (Fsp3) is 0.286. The Labute approximate surface area is 116 Å². The van der Waals surface area contributed by atoms with Gasteiger partial charge in [0.25, 0.3) is 0 Å². The minimum absolute atomic E-state index is 0.472. The maximum atomic E-state index is 6.09. The number of terminal acetylenes is 1. The van der Waals surface area contributed by atoms with Crippen molar-refractivity contribution in [2.45, 2.75) is 6.54 Å². The predicted octanol–water partition coefficient (Wildman–Crippen LogP) is 3.54. The summed E-state index contributed by atoms with van der Waals surface area (Å²) in [6.45, 7) is 1.62. The molecule has 0 saturated carbocycles. The van der Waals surface area contributed by atoms with E-state index >= 15 is 0 Å². The molecular formula is C14H14ClNOS. The van der Waals surface area contributed by atoms with Gasteiger partial charge in [-0.15, -0.1) is 18.2 Å². The average molecular weight is 280 g/mol. The Balaban J connectivity index is 1.91. The van der Waals surface area contributed by atoms with Crippen LogP contribution in [0, 0.1) is 12.3 Å². The molecule has 0 amide bonds. The Morgan fingerprint density at radius 2 is 2.22 bits per heavy atom. The van der Waals surface area contributed by atoms with E-state index in [0.717, 1.165) is 34.6 Å². The lowest BCUT2D eigenvalue weighted by Gasteiger charge is -2.02. The molecule has 0 unspecified atom stereocenters. The van der Waals surface area contributed by atoms with Gasteiger partial charge in [0, 0.05) is 29.8 Å². The second kappa shape index (κ2) is 6.75. The average Bonchev–Trinajstić information content (AvgIpc) is 2.70. The van der Waals surface area contributed by atoms with Gasteiger partial charge in [0.2, 0.25) is 0 Å². The normalized spacial score (nSPS) is 10.7. The van der Waals surface area contributed by atoms with Crippen LogP contribution >= 0.6 is 23.4 Å². The third kappa shape index (κ3) is 3.23. The van der Waals surface area contributed by atoms with Crippen LogP contribution in [-0.4, -0.2) is 18.1 Å². The molecule has 0 atom stereocenters. The second-order valence-corrected chi connectivity index (χ2v) is 5.23. The molecule has 0 bridgehead atoms. The molecule has 2 nitrogen and oxygen atoms in total. The first-order chi connectivity index (χ1) is 8.83. The summed E-state index contributed by atoms with van der Waals surface area (Å²) < 4.78 is 5.49. The van der Waals surface area contributed by atoms with Crippen LogP contribution in [0.3, 0.4) is 0 Å². The van der Waals surface area contributed by atoms with Crippen molar-refractivity contribution in [2.75, 3.05) is 18.1 Å². The van der Waals surface area contributed by atoms with Crippen LogP contribution in [0.5, 0.6) is 0 Å². The van der Waals surface area contributed by atoms with Crippen molar-refractivity contribution < 1.29 is 4.42 Å². The van der Waals surface area contributed by atoms with Crippen LogP contribution in [-0.2, 0) is 6.54 Å². The Morgan fingerprint density at radius 1 is 1.39 bits per heavy atom. The molecule has 1 aromatic carbocycles. The van der Waals surface area contributed by atoms with Crippen LogP contribution in [0.4, 0.5) is 0 Å². The summed E-state index contributed by atoms with van der Waals surface area (Å²) in [4.78, 5) is 0. The summed E-state index contributed by atoms with van der Waals surface area (Å²) in [7, 11) is 0. The van der Waals surface area contributed by atoms with Gasteiger partial charge in [-0.2, -0.15) is 0 Å². The van der Waals surface area contributed by atoms with E-state index in [4.69, 9.17) is 22.4 Å². The molecule has 0 fully saturated rings. The van der Waals surface area contributed by atoms with Gasteiger partial charge in [0.05, 0.1) is 5.75 Å². The van der Waals surface area contributed by atoms with E-state index in [1.54, 1.807) is 11.8 Å². The summed E-state index contributed by atoms with van der Waals surface area (Å²) in [6.07, 6.45) is 5.18. The zero-order valence-corrected chi connectivity index (χ0v) is 11.5. The van der Waals surface area contributed by atoms with Crippen molar-refractivity contribution in [3.63, 3.8) is 0 Å². The number of hydrogen-bond donors (Lipinski definition) is 1. The minimum atomic E-state index is 0.472. The lowest BCUT2D eigenvalue weighted by atomic mass is 10.2. The Kier molecular flexibility index (Phi) is 5.00. The highest BCUT2D eigenvalue weighted by Crippen LogP contribution is 2.29. The Hall–Kier alpha value is -1.08. The molecule has 4 heteroatoms. The zero-order valence-electron chi connectivity index (χ0n) is 9.91. The highest BCUT2D eigenvalue weighted by Gasteiger charge is 2.10. The summed E-state index contributed by atoms with van der Waals surface area (Å²) in [6, 6.07) is 7.87. The van der Waals surface area contributed by atoms with Crippen LogP contribution in [0.1, 0.15) is 5.56 Å². The molecule has 2 rings (SSSR count). The third-order valence-corrected chi connectivity index (χ3v) is 3.73. The number of para-hydroxylation sites is 1. The number of fused-ring (bicyclic) bond motifs is 1. The maximum Gasteiger partial charge on any atom is 0.199 e. The van der Waals surface area contributed by atoms with E-state index in [2.05, 4.69) is 11.2 Å². The molecule has 2 aromatic rings. The molecule has 0 radical (unpaired) electrons. The number of furan rings is 1. The second-order valence-electron chi connectivity index (χ2n) is 3.78. The molecule has 1 N–H and O–H groups in total. The Morgan fingerprint density at radius 3 is 3.06 bits per heavy atom. The molecule has 18 heavy (non-hydrogen) atoms. The smallest absolute Gasteiger partial charge is 0.199 e. The van der Waals surface area contributed by atoms with E-state index in [9.17, 15) is 0 Å². The minimum Gasteiger partial charge on any atom is -0.444 e. The monoisotopic (exact) mass is 279 g/mol. The SMILES string of the molecule is C#CCSCCNCc1c(Cl)oc2ccccc12. The van der Waals surface area contributed by atoms with Gasteiger partial charge in [0.1, 0.15) is 5.58 Å². The summed E-state index contributed by atoms with van der Waals surface area (Å²) in [5, 5.41) is 4.89. The maximum absolute atomic E-state index is 6.09. The number of rotatable bonds is 6. The highest BCUT2D eigenvalue weighted by molar-refractivity contribution is 7.99.